The zero-order valence-corrected chi connectivity index (χ0v) is 22.4. The van der Waals surface area contributed by atoms with Gasteiger partial charge < -0.3 is 20.1 Å². The van der Waals surface area contributed by atoms with Crippen molar-refractivity contribution in [1.82, 2.24) is 19.5 Å². The van der Waals surface area contributed by atoms with Gasteiger partial charge in [0, 0.05) is 48.5 Å². The number of fused-ring (bicyclic) bond motifs is 1. The Hall–Kier alpha value is -2.24. The molecular weight excluding hydrogens is 512 g/mol. The number of benzene rings is 1. The van der Waals surface area contributed by atoms with Crippen molar-refractivity contribution in [2.24, 2.45) is 17.1 Å². The number of nitrogens with two attached hydrogens (primary N) is 1. The molecule has 0 bridgehead atoms. The summed E-state index contributed by atoms with van der Waals surface area (Å²) in [5, 5.41) is 1.54. The molecule has 3 aliphatic heterocycles. The van der Waals surface area contributed by atoms with Crippen molar-refractivity contribution in [1.29, 1.82) is 0 Å². The molecule has 5 heterocycles. The van der Waals surface area contributed by atoms with Gasteiger partial charge in [0.1, 0.15) is 10.8 Å². The number of halogens is 1. The molecule has 1 unspecified atom stereocenters. The summed E-state index contributed by atoms with van der Waals surface area (Å²) in [5.41, 5.74) is 6.98. The van der Waals surface area contributed by atoms with Crippen LogP contribution in [-0.2, 0) is 16.0 Å². The van der Waals surface area contributed by atoms with E-state index < -0.39 is 0 Å². The average molecular weight is 543 g/mol. The molecule has 1 aromatic carbocycles. The summed E-state index contributed by atoms with van der Waals surface area (Å²) in [4.78, 5) is 30.0. The Morgan fingerprint density at radius 1 is 1.22 bits per heavy atom. The molecule has 3 saturated heterocycles. The Morgan fingerprint density at radius 2 is 2.05 bits per heavy atom. The topological polar surface area (TPSA) is 108 Å². The van der Waals surface area contributed by atoms with Crippen LogP contribution in [0.1, 0.15) is 26.2 Å². The maximum atomic E-state index is 13.2. The second-order valence-corrected chi connectivity index (χ2v) is 11.8. The van der Waals surface area contributed by atoms with Crippen molar-refractivity contribution >= 4 is 40.1 Å². The van der Waals surface area contributed by atoms with Gasteiger partial charge in [-0.2, -0.15) is 0 Å². The van der Waals surface area contributed by atoms with Crippen LogP contribution >= 0.6 is 23.4 Å². The number of ether oxygens (including phenoxy) is 2. The highest BCUT2D eigenvalue weighted by Crippen LogP contribution is 2.42. The number of aromatic nitrogens is 4. The smallest absolute Gasteiger partial charge is 0.262 e. The third-order valence-electron chi connectivity index (χ3n) is 8.13. The highest BCUT2D eigenvalue weighted by atomic mass is 35.5. The summed E-state index contributed by atoms with van der Waals surface area (Å²) in [7, 11) is 0. The molecule has 0 saturated carbocycles. The van der Waals surface area contributed by atoms with Crippen LogP contribution in [0, 0.1) is 11.3 Å². The molecule has 196 valence electrons. The monoisotopic (exact) mass is 542 g/mol. The minimum atomic E-state index is -0.129. The Morgan fingerprint density at radius 3 is 2.73 bits per heavy atom. The van der Waals surface area contributed by atoms with E-state index in [-0.39, 0.29) is 23.1 Å². The zero-order valence-electron chi connectivity index (χ0n) is 20.8. The Labute approximate surface area is 224 Å². The van der Waals surface area contributed by atoms with E-state index in [9.17, 15) is 4.79 Å². The second kappa shape index (κ2) is 10.1. The predicted molar refractivity (Wildman–Crippen MR) is 143 cm³/mol. The lowest BCUT2D eigenvalue weighted by Crippen LogP contribution is -2.50. The lowest BCUT2D eigenvalue weighted by Gasteiger charge is -2.41. The van der Waals surface area contributed by atoms with Crippen molar-refractivity contribution in [2.75, 3.05) is 37.8 Å². The molecule has 0 amide bonds. The van der Waals surface area contributed by atoms with Crippen molar-refractivity contribution in [3.05, 3.63) is 46.2 Å². The third kappa shape index (κ3) is 4.74. The van der Waals surface area contributed by atoms with Crippen molar-refractivity contribution < 1.29 is 9.47 Å². The molecule has 3 fully saturated rings. The molecule has 3 atom stereocenters. The normalized spacial score (nSPS) is 25.4. The summed E-state index contributed by atoms with van der Waals surface area (Å²) < 4.78 is 12.9. The molecule has 6 rings (SSSR count). The molecule has 3 aliphatic rings. The number of nitrogens with zero attached hydrogens (tertiary/aromatic N) is 5. The molecule has 11 heteroatoms. The fraction of sp³-hybridized carbons (Fsp3) is 0.538. The molecule has 1 spiro atoms. The second-order valence-electron chi connectivity index (χ2n) is 10.4. The van der Waals surface area contributed by atoms with E-state index in [1.54, 1.807) is 23.3 Å². The van der Waals surface area contributed by atoms with Gasteiger partial charge in [0.25, 0.3) is 5.56 Å². The van der Waals surface area contributed by atoms with Crippen LogP contribution < -0.4 is 16.2 Å². The van der Waals surface area contributed by atoms with Gasteiger partial charge in [-0.1, -0.05) is 23.4 Å². The highest BCUT2D eigenvalue weighted by molar-refractivity contribution is 7.99. The summed E-state index contributed by atoms with van der Waals surface area (Å²) in [6.45, 7) is 6.56. The van der Waals surface area contributed by atoms with Gasteiger partial charge in [-0.15, -0.1) is 0 Å². The zero-order chi connectivity index (χ0) is 25.6. The third-order valence-corrected chi connectivity index (χ3v) is 9.62. The SMILES string of the molecule is C[C@@H]1OCC2(CCN(c3cnc(Sc4ccc5ncn(CC6CCOC6)c(=O)c5c4Cl)cn3)CC2)[C@@H]1N. The van der Waals surface area contributed by atoms with Crippen molar-refractivity contribution in [2.45, 2.75) is 54.8 Å². The summed E-state index contributed by atoms with van der Waals surface area (Å²) in [6.07, 6.45) is 8.21. The summed E-state index contributed by atoms with van der Waals surface area (Å²) >= 11 is 8.14. The average Bonchev–Trinajstić information content (AvgIpc) is 3.53. The van der Waals surface area contributed by atoms with Crippen LogP contribution in [0.25, 0.3) is 10.9 Å². The fourth-order valence-corrected chi connectivity index (χ4v) is 6.81. The van der Waals surface area contributed by atoms with Gasteiger partial charge in [0.15, 0.2) is 0 Å². The number of anilines is 1. The Kier molecular flexibility index (Phi) is 6.87. The Bertz CT molecular complexity index is 1340. The van der Waals surface area contributed by atoms with Crippen LogP contribution in [-0.4, -0.2) is 64.6 Å². The van der Waals surface area contributed by atoms with E-state index in [0.717, 1.165) is 56.3 Å². The first-order valence-electron chi connectivity index (χ1n) is 12.8. The van der Waals surface area contributed by atoms with Crippen LogP contribution in [0.5, 0.6) is 0 Å². The minimum Gasteiger partial charge on any atom is -0.381 e. The maximum Gasteiger partial charge on any atom is 0.262 e. The largest absolute Gasteiger partial charge is 0.381 e. The van der Waals surface area contributed by atoms with Crippen molar-refractivity contribution in [3.63, 3.8) is 0 Å². The molecular formula is C26H31ClN6O3S. The fourth-order valence-electron chi connectivity index (χ4n) is 5.69. The van der Waals surface area contributed by atoms with E-state index in [4.69, 9.17) is 26.8 Å². The first kappa shape index (κ1) is 25.1. The van der Waals surface area contributed by atoms with E-state index in [1.807, 2.05) is 12.1 Å². The quantitative estimate of drug-likeness (QED) is 0.519. The maximum absolute atomic E-state index is 13.2. The summed E-state index contributed by atoms with van der Waals surface area (Å²) in [6, 6.07) is 3.80. The summed E-state index contributed by atoms with van der Waals surface area (Å²) in [5.74, 6) is 1.17. The molecule has 37 heavy (non-hydrogen) atoms. The van der Waals surface area contributed by atoms with Crippen LogP contribution in [0.4, 0.5) is 5.82 Å². The predicted octanol–water partition coefficient (Wildman–Crippen LogP) is 3.36. The number of hydrogen-bond acceptors (Lipinski definition) is 9. The lowest BCUT2D eigenvalue weighted by atomic mass is 9.73. The lowest BCUT2D eigenvalue weighted by molar-refractivity contribution is 0.0974. The number of rotatable bonds is 5. The van der Waals surface area contributed by atoms with Crippen LogP contribution in [0.3, 0.4) is 0 Å². The van der Waals surface area contributed by atoms with Gasteiger partial charge in [-0.25, -0.2) is 15.0 Å². The van der Waals surface area contributed by atoms with Gasteiger partial charge in [0.05, 0.1) is 54.0 Å². The van der Waals surface area contributed by atoms with Gasteiger partial charge in [-0.3, -0.25) is 9.36 Å². The molecule has 0 aliphatic carbocycles. The number of piperidine rings is 1. The minimum absolute atomic E-state index is 0.0737. The first-order chi connectivity index (χ1) is 17.9. The van der Waals surface area contributed by atoms with Gasteiger partial charge >= 0.3 is 0 Å². The first-order valence-corrected chi connectivity index (χ1v) is 14.0. The molecule has 2 N–H and O–H groups in total. The molecule has 3 aromatic rings. The number of hydrogen-bond donors (Lipinski definition) is 1. The van der Waals surface area contributed by atoms with E-state index in [0.29, 0.717) is 40.0 Å². The highest BCUT2D eigenvalue weighted by Gasteiger charge is 2.47. The van der Waals surface area contributed by atoms with E-state index in [2.05, 4.69) is 26.8 Å². The van der Waals surface area contributed by atoms with E-state index in [1.165, 1.54) is 11.8 Å². The Balaban J connectivity index is 1.16. The molecule has 9 nitrogen and oxygen atoms in total. The standard InChI is InChI=1S/C26H31ClN6O3S/c1-16-24(28)26(14-36-16)5-7-32(8-6-26)20-10-30-21(11-29-20)37-19-3-2-18-22(23(19)27)25(34)33(15-31-18)12-17-4-9-35-13-17/h2-3,10-11,15-17,24H,4-9,12-14,28H2,1H3/t16-,17?,24+/m0/s1. The molecule has 2 aromatic heterocycles. The van der Waals surface area contributed by atoms with Crippen LogP contribution in [0.2, 0.25) is 5.02 Å². The molecule has 0 radical (unpaired) electrons. The van der Waals surface area contributed by atoms with Crippen molar-refractivity contribution in [3.8, 4) is 0 Å². The van der Waals surface area contributed by atoms with Crippen LogP contribution in [0.15, 0.2) is 45.6 Å². The van der Waals surface area contributed by atoms with E-state index >= 15 is 0 Å². The van der Waals surface area contributed by atoms with Gasteiger partial charge in [0.2, 0.25) is 0 Å². The van der Waals surface area contributed by atoms with Gasteiger partial charge in [-0.05, 0) is 38.3 Å².